The van der Waals surface area contributed by atoms with Gasteiger partial charge in [0.25, 0.3) is 0 Å². The molecule has 0 aliphatic heterocycles. The number of carbonyl (C=O) groups is 1. The minimum absolute atomic E-state index is 0.0109. The lowest BCUT2D eigenvalue weighted by molar-refractivity contribution is -0.116. The first-order chi connectivity index (χ1) is 8.24. The maximum atomic E-state index is 11.6. The molecule has 5 heteroatoms. The highest BCUT2D eigenvalue weighted by molar-refractivity contribution is 7.13. The molecule has 0 spiro atoms. The van der Waals surface area contributed by atoms with Crippen LogP contribution in [0.3, 0.4) is 0 Å². The molecule has 0 radical (unpaired) electrons. The van der Waals surface area contributed by atoms with E-state index < -0.39 is 0 Å². The number of aryl methyl sites for hydroxylation is 2. The zero-order valence-electron chi connectivity index (χ0n) is 9.51. The molecule has 2 heterocycles. The highest BCUT2D eigenvalue weighted by atomic mass is 32.1. The Kier molecular flexibility index (Phi) is 3.82. The zero-order valence-corrected chi connectivity index (χ0v) is 10.3. The Morgan fingerprint density at radius 3 is 3.06 bits per heavy atom. The van der Waals surface area contributed by atoms with Crippen LogP contribution in [0.25, 0.3) is 0 Å². The van der Waals surface area contributed by atoms with Crippen LogP contribution in [-0.4, -0.2) is 15.9 Å². The summed E-state index contributed by atoms with van der Waals surface area (Å²) in [7, 11) is 0. The van der Waals surface area contributed by atoms with E-state index in [1.165, 1.54) is 11.3 Å². The van der Waals surface area contributed by atoms with Gasteiger partial charge >= 0.3 is 0 Å². The number of pyridine rings is 1. The number of hydrogen-bond donors (Lipinski definition) is 1. The van der Waals surface area contributed by atoms with E-state index in [0.717, 1.165) is 11.3 Å². The molecule has 0 bridgehead atoms. The molecule has 88 valence electrons. The molecular weight excluding hydrogens is 234 g/mol. The van der Waals surface area contributed by atoms with Gasteiger partial charge in [-0.15, -0.1) is 11.3 Å². The lowest BCUT2D eigenvalue weighted by atomic mass is 10.1. The predicted octanol–water partition coefficient (Wildman–Crippen LogP) is 2.42. The SMILES string of the molecule is Cc1csc(NC(=O)CCc2cccnc2)n1. The summed E-state index contributed by atoms with van der Waals surface area (Å²) in [6.45, 7) is 1.90. The highest BCUT2D eigenvalue weighted by Crippen LogP contribution is 2.14. The van der Waals surface area contributed by atoms with E-state index in [2.05, 4.69) is 15.3 Å². The molecule has 4 nitrogen and oxygen atoms in total. The average molecular weight is 247 g/mol. The van der Waals surface area contributed by atoms with Crippen molar-refractivity contribution in [3.63, 3.8) is 0 Å². The Labute approximate surface area is 104 Å². The predicted molar refractivity (Wildman–Crippen MR) is 68.0 cm³/mol. The highest BCUT2D eigenvalue weighted by Gasteiger charge is 2.05. The van der Waals surface area contributed by atoms with Crippen LogP contribution in [0, 0.1) is 6.92 Å². The molecule has 2 aromatic heterocycles. The molecule has 0 aromatic carbocycles. The molecule has 1 amide bonds. The van der Waals surface area contributed by atoms with Gasteiger partial charge < -0.3 is 5.32 Å². The molecule has 0 unspecified atom stereocenters. The van der Waals surface area contributed by atoms with E-state index in [4.69, 9.17) is 0 Å². The topological polar surface area (TPSA) is 54.9 Å². The number of aromatic nitrogens is 2. The van der Waals surface area contributed by atoms with Gasteiger partial charge in [-0.1, -0.05) is 6.07 Å². The molecule has 2 aromatic rings. The molecule has 0 fully saturated rings. The standard InChI is InChI=1S/C12H13N3OS/c1-9-8-17-12(14-9)15-11(16)5-4-10-3-2-6-13-7-10/h2-3,6-8H,4-5H2,1H3,(H,14,15,16). The lowest BCUT2D eigenvalue weighted by Crippen LogP contribution is -2.12. The molecule has 0 atom stereocenters. The summed E-state index contributed by atoms with van der Waals surface area (Å²) in [6.07, 6.45) is 4.65. The molecule has 17 heavy (non-hydrogen) atoms. The Hall–Kier alpha value is -1.75. The second kappa shape index (κ2) is 5.54. The van der Waals surface area contributed by atoms with E-state index in [1.807, 2.05) is 24.4 Å². The van der Waals surface area contributed by atoms with E-state index in [9.17, 15) is 4.79 Å². The maximum Gasteiger partial charge on any atom is 0.226 e. The zero-order chi connectivity index (χ0) is 12.1. The summed E-state index contributed by atoms with van der Waals surface area (Å²) in [5, 5.41) is 5.36. The van der Waals surface area contributed by atoms with Gasteiger partial charge in [0, 0.05) is 24.2 Å². The molecular formula is C12H13N3OS. The monoisotopic (exact) mass is 247 g/mol. The number of hydrogen-bond acceptors (Lipinski definition) is 4. The summed E-state index contributed by atoms with van der Waals surface area (Å²) in [5.41, 5.74) is 2.00. The number of nitrogens with zero attached hydrogens (tertiary/aromatic N) is 2. The van der Waals surface area contributed by atoms with Crippen molar-refractivity contribution < 1.29 is 4.79 Å². The number of thiazole rings is 1. The first-order valence-corrected chi connectivity index (χ1v) is 6.23. The first kappa shape index (κ1) is 11.7. The fourth-order valence-electron chi connectivity index (χ4n) is 1.40. The first-order valence-electron chi connectivity index (χ1n) is 5.35. The quantitative estimate of drug-likeness (QED) is 0.902. The van der Waals surface area contributed by atoms with Gasteiger partial charge in [-0.05, 0) is 25.0 Å². The normalized spacial score (nSPS) is 10.2. The minimum atomic E-state index is -0.0109. The van der Waals surface area contributed by atoms with Crippen LogP contribution in [0.15, 0.2) is 29.9 Å². The molecule has 0 aliphatic carbocycles. The molecule has 2 rings (SSSR count). The summed E-state index contributed by atoms with van der Waals surface area (Å²) in [6, 6.07) is 3.84. The van der Waals surface area contributed by atoms with Crippen molar-refractivity contribution in [1.82, 2.24) is 9.97 Å². The smallest absolute Gasteiger partial charge is 0.226 e. The largest absolute Gasteiger partial charge is 0.302 e. The van der Waals surface area contributed by atoms with Gasteiger partial charge in [-0.3, -0.25) is 9.78 Å². The summed E-state index contributed by atoms with van der Waals surface area (Å²) >= 11 is 1.44. The number of amides is 1. The van der Waals surface area contributed by atoms with Crippen LogP contribution in [0.4, 0.5) is 5.13 Å². The van der Waals surface area contributed by atoms with Gasteiger partial charge in [0.05, 0.1) is 5.69 Å². The number of anilines is 1. The van der Waals surface area contributed by atoms with E-state index >= 15 is 0 Å². The lowest BCUT2D eigenvalue weighted by Gasteiger charge is -2.01. The summed E-state index contributed by atoms with van der Waals surface area (Å²) in [4.78, 5) is 19.8. The Morgan fingerprint density at radius 1 is 1.53 bits per heavy atom. The van der Waals surface area contributed by atoms with Crippen LogP contribution in [0.1, 0.15) is 17.7 Å². The van der Waals surface area contributed by atoms with Gasteiger partial charge in [-0.25, -0.2) is 4.98 Å². The number of rotatable bonds is 4. The second-order valence-electron chi connectivity index (χ2n) is 3.70. The van der Waals surface area contributed by atoms with Crippen molar-refractivity contribution in [2.45, 2.75) is 19.8 Å². The fraction of sp³-hybridized carbons (Fsp3) is 0.250. The van der Waals surface area contributed by atoms with Crippen LogP contribution in [0.5, 0.6) is 0 Å². The van der Waals surface area contributed by atoms with Gasteiger partial charge in [0.1, 0.15) is 0 Å². The second-order valence-corrected chi connectivity index (χ2v) is 4.56. The molecule has 1 N–H and O–H groups in total. The third-order valence-electron chi connectivity index (χ3n) is 2.23. The summed E-state index contributed by atoms with van der Waals surface area (Å²) in [5.74, 6) is -0.0109. The van der Waals surface area contributed by atoms with Crippen molar-refractivity contribution in [3.8, 4) is 0 Å². The van der Waals surface area contributed by atoms with Crippen molar-refractivity contribution >= 4 is 22.4 Å². The van der Waals surface area contributed by atoms with E-state index in [-0.39, 0.29) is 5.91 Å². The van der Waals surface area contributed by atoms with E-state index in [0.29, 0.717) is 18.0 Å². The fourth-order valence-corrected chi connectivity index (χ4v) is 2.10. The van der Waals surface area contributed by atoms with Crippen molar-refractivity contribution in [3.05, 3.63) is 41.2 Å². The Morgan fingerprint density at radius 2 is 2.41 bits per heavy atom. The number of carbonyl (C=O) groups excluding carboxylic acids is 1. The van der Waals surface area contributed by atoms with Crippen LogP contribution in [-0.2, 0) is 11.2 Å². The Balaban J connectivity index is 1.82. The summed E-state index contributed by atoms with van der Waals surface area (Å²) < 4.78 is 0. The van der Waals surface area contributed by atoms with Crippen molar-refractivity contribution in [2.75, 3.05) is 5.32 Å². The van der Waals surface area contributed by atoms with Gasteiger partial charge in [0.2, 0.25) is 5.91 Å². The van der Waals surface area contributed by atoms with Gasteiger partial charge in [0.15, 0.2) is 5.13 Å². The Bertz CT molecular complexity index is 495. The third kappa shape index (κ3) is 3.64. The molecule has 0 saturated carbocycles. The van der Waals surface area contributed by atoms with E-state index in [1.54, 1.807) is 12.4 Å². The third-order valence-corrected chi connectivity index (χ3v) is 3.10. The van der Waals surface area contributed by atoms with Crippen molar-refractivity contribution in [2.24, 2.45) is 0 Å². The number of nitrogens with one attached hydrogen (secondary N) is 1. The molecule has 0 aliphatic rings. The van der Waals surface area contributed by atoms with Crippen LogP contribution >= 0.6 is 11.3 Å². The van der Waals surface area contributed by atoms with Crippen LogP contribution in [0.2, 0.25) is 0 Å². The van der Waals surface area contributed by atoms with Crippen molar-refractivity contribution in [1.29, 1.82) is 0 Å². The minimum Gasteiger partial charge on any atom is -0.302 e. The molecule has 0 saturated heterocycles. The average Bonchev–Trinajstić information content (AvgIpc) is 2.73. The maximum absolute atomic E-state index is 11.6. The van der Waals surface area contributed by atoms with Crippen LogP contribution < -0.4 is 5.32 Å². The van der Waals surface area contributed by atoms with Gasteiger partial charge in [-0.2, -0.15) is 0 Å².